The van der Waals surface area contributed by atoms with Crippen LogP contribution < -0.4 is 5.73 Å². The zero-order valence-corrected chi connectivity index (χ0v) is 10.0. The lowest BCUT2D eigenvalue weighted by molar-refractivity contribution is -0.117. The first kappa shape index (κ1) is 10.7. The number of halogens is 2. The van der Waals surface area contributed by atoms with Gasteiger partial charge in [-0.1, -0.05) is 50.1 Å². The molecule has 13 heavy (non-hydrogen) atoms. The fourth-order valence-corrected chi connectivity index (χ4v) is 1.75. The maximum absolute atomic E-state index is 10.8. The van der Waals surface area contributed by atoms with Gasteiger partial charge in [0.25, 0.3) is 0 Å². The van der Waals surface area contributed by atoms with E-state index in [-0.39, 0.29) is 10.7 Å². The molecule has 0 radical (unpaired) electrons. The molecular formula is C9H9Br2NO. The minimum Gasteiger partial charge on any atom is -0.369 e. The Morgan fingerprint density at radius 2 is 2.08 bits per heavy atom. The lowest BCUT2D eigenvalue weighted by atomic mass is 10.1. The van der Waals surface area contributed by atoms with E-state index >= 15 is 0 Å². The standard InChI is InChI=1S/C9H9Br2NO/c10-7-4-2-1-3-6(7)5-8(11)9(12)13/h1-4,8H,5H2,(H2,12,13). The van der Waals surface area contributed by atoms with Crippen LogP contribution in [0.2, 0.25) is 0 Å². The monoisotopic (exact) mass is 305 g/mol. The zero-order valence-electron chi connectivity index (χ0n) is 6.84. The van der Waals surface area contributed by atoms with Crippen molar-refractivity contribution in [2.75, 3.05) is 0 Å². The molecule has 0 aliphatic rings. The molecule has 1 atom stereocenters. The molecule has 70 valence electrons. The number of carbonyl (C=O) groups is 1. The maximum atomic E-state index is 10.8. The highest BCUT2D eigenvalue weighted by molar-refractivity contribution is 9.10. The molecule has 0 fully saturated rings. The Morgan fingerprint density at radius 1 is 1.46 bits per heavy atom. The molecule has 0 saturated heterocycles. The van der Waals surface area contributed by atoms with Gasteiger partial charge in [0.05, 0.1) is 4.83 Å². The van der Waals surface area contributed by atoms with Crippen molar-refractivity contribution in [2.45, 2.75) is 11.2 Å². The van der Waals surface area contributed by atoms with Crippen LogP contribution in [0, 0.1) is 0 Å². The summed E-state index contributed by atoms with van der Waals surface area (Å²) in [5.74, 6) is -0.337. The van der Waals surface area contributed by atoms with Gasteiger partial charge in [0, 0.05) is 4.47 Å². The van der Waals surface area contributed by atoms with Crippen molar-refractivity contribution in [2.24, 2.45) is 5.73 Å². The van der Waals surface area contributed by atoms with Crippen molar-refractivity contribution >= 4 is 37.8 Å². The Bertz CT molecular complexity index is 314. The number of nitrogens with two attached hydrogens (primary N) is 1. The number of benzene rings is 1. The summed E-state index contributed by atoms with van der Waals surface area (Å²) in [6.45, 7) is 0. The van der Waals surface area contributed by atoms with Gasteiger partial charge in [-0.25, -0.2) is 0 Å². The second-order valence-corrected chi connectivity index (χ2v) is 4.63. The molecule has 0 heterocycles. The Kier molecular flexibility index (Phi) is 3.93. The van der Waals surface area contributed by atoms with E-state index in [1.54, 1.807) is 0 Å². The number of amides is 1. The average molecular weight is 307 g/mol. The molecule has 4 heteroatoms. The second kappa shape index (κ2) is 4.77. The summed E-state index contributed by atoms with van der Waals surface area (Å²) >= 11 is 6.62. The van der Waals surface area contributed by atoms with E-state index in [9.17, 15) is 4.79 Å². The number of hydrogen-bond donors (Lipinski definition) is 1. The minimum atomic E-state index is -0.337. The van der Waals surface area contributed by atoms with Crippen molar-refractivity contribution in [3.8, 4) is 0 Å². The van der Waals surface area contributed by atoms with Gasteiger partial charge in [-0.15, -0.1) is 0 Å². The predicted molar refractivity (Wildman–Crippen MR) is 59.8 cm³/mol. The Morgan fingerprint density at radius 3 is 2.62 bits per heavy atom. The van der Waals surface area contributed by atoms with Gasteiger partial charge in [-0.05, 0) is 18.1 Å². The number of primary amides is 1. The van der Waals surface area contributed by atoms with E-state index < -0.39 is 0 Å². The van der Waals surface area contributed by atoms with Crippen molar-refractivity contribution in [1.29, 1.82) is 0 Å². The normalized spacial score (nSPS) is 12.5. The Hall–Kier alpha value is -0.350. The molecule has 0 saturated carbocycles. The van der Waals surface area contributed by atoms with Crippen LogP contribution in [0.25, 0.3) is 0 Å². The lowest BCUT2D eigenvalue weighted by Crippen LogP contribution is -2.25. The maximum Gasteiger partial charge on any atom is 0.231 e. The van der Waals surface area contributed by atoms with Crippen LogP contribution in [-0.4, -0.2) is 10.7 Å². The molecular weight excluding hydrogens is 298 g/mol. The summed E-state index contributed by atoms with van der Waals surface area (Å²) in [5, 5.41) is 0. The van der Waals surface area contributed by atoms with Crippen LogP contribution in [0.15, 0.2) is 28.7 Å². The Balaban J connectivity index is 2.74. The summed E-state index contributed by atoms with van der Waals surface area (Å²) in [6, 6.07) is 7.76. The van der Waals surface area contributed by atoms with E-state index in [0.717, 1.165) is 10.0 Å². The first-order valence-electron chi connectivity index (χ1n) is 3.78. The highest BCUT2D eigenvalue weighted by atomic mass is 79.9. The topological polar surface area (TPSA) is 43.1 Å². The van der Waals surface area contributed by atoms with E-state index in [1.165, 1.54) is 0 Å². The summed E-state index contributed by atoms with van der Waals surface area (Å²) < 4.78 is 1.00. The molecule has 1 aromatic carbocycles. The number of hydrogen-bond acceptors (Lipinski definition) is 1. The van der Waals surface area contributed by atoms with Gasteiger partial charge < -0.3 is 5.73 Å². The molecule has 0 aliphatic carbocycles. The fraction of sp³-hybridized carbons (Fsp3) is 0.222. The van der Waals surface area contributed by atoms with E-state index in [0.29, 0.717) is 6.42 Å². The van der Waals surface area contributed by atoms with E-state index in [2.05, 4.69) is 31.9 Å². The lowest BCUT2D eigenvalue weighted by Gasteiger charge is -2.06. The number of rotatable bonds is 3. The van der Waals surface area contributed by atoms with Gasteiger partial charge in [0.15, 0.2) is 0 Å². The highest BCUT2D eigenvalue weighted by Crippen LogP contribution is 2.19. The third-order valence-corrected chi connectivity index (χ3v) is 3.21. The summed E-state index contributed by atoms with van der Waals surface area (Å²) in [6.07, 6.45) is 0.608. The van der Waals surface area contributed by atoms with Crippen molar-refractivity contribution in [3.05, 3.63) is 34.3 Å². The molecule has 1 unspecified atom stereocenters. The molecule has 0 aromatic heterocycles. The smallest absolute Gasteiger partial charge is 0.231 e. The summed E-state index contributed by atoms with van der Waals surface area (Å²) in [5.41, 5.74) is 6.21. The van der Waals surface area contributed by atoms with Gasteiger partial charge in [-0.3, -0.25) is 4.79 Å². The summed E-state index contributed by atoms with van der Waals surface area (Å²) in [7, 11) is 0. The van der Waals surface area contributed by atoms with E-state index in [1.807, 2.05) is 24.3 Å². The van der Waals surface area contributed by atoms with Crippen LogP contribution in [0.3, 0.4) is 0 Å². The molecule has 0 bridgehead atoms. The van der Waals surface area contributed by atoms with Gasteiger partial charge in [0.2, 0.25) is 5.91 Å². The van der Waals surface area contributed by atoms with Gasteiger partial charge in [-0.2, -0.15) is 0 Å². The van der Waals surface area contributed by atoms with Crippen LogP contribution >= 0.6 is 31.9 Å². The Labute approximate surface area is 93.8 Å². The molecule has 1 rings (SSSR count). The van der Waals surface area contributed by atoms with Crippen molar-refractivity contribution in [3.63, 3.8) is 0 Å². The number of carbonyl (C=O) groups excluding carboxylic acids is 1. The molecule has 2 nitrogen and oxygen atoms in total. The highest BCUT2D eigenvalue weighted by Gasteiger charge is 2.12. The van der Waals surface area contributed by atoms with Gasteiger partial charge in [0.1, 0.15) is 0 Å². The molecule has 0 aliphatic heterocycles. The number of alkyl halides is 1. The van der Waals surface area contributed by atoms with Crippen LogP contribution in [0.1, 0.15) is 5.56 Å². The van der Waals surface area contributed by atoms with E-state index in [4.69, 9.17) is 5.73 Å². The van der Waals surface area contributed by atoms with Crippen molar-refractivity contribution in [1.82, 2.24) is 0 Å². The minimum absolute atomic E-state index is 0.300. The quantitative estimate of drug-likeness (QED) is 0.855. The fourth-order valence-electron chi connectivity index (χ4n) is 0.958. The van der Waals surface area contributed by atoms with Crippen LogP contribution in [0.5, 0.6) is 0 Å². The largest absolute Gasteiger partial charge is 0.369 e. The van der Waals surface area contributed by atoms with Crippen LogP contribution in [-0.2, 0) is 11.2 Å². The average Bonchev–Trinajstić information content (AvgIpc) is 2.08. The zero-order chi connectivity index (χ0) is 9.84. The third kappa shape index (κ3) is 3.12. The first-order valence-corrected chi connectivity index (χ1v) is 5.49. The van der Waals surface area contributed by atoms with Gasteiger partial charge >= 0.3 is 0 Å². The first-order chi connectivity index (χ1) is 6.11. The predicted octanol–water partition coefficient (Wildman–Crippen LogP) is 2.24. The second-order valence-electron chi connectivity index (χ2n) is 2.67. The summed E-state index contributed by atoms with van der Waals surface area (Å²) in [4.78, 5) is 10.5. The molecule has 1 amide bonds. The molecule has 0 spiro atoms. The third-order valence-electron chi connectivity index (χ3n) is 1.67. The molecule has 1 aromatic rings. The van der Waals surface area contributed by atoms with Crippen LogP contribution in [0.4, 0.5) is 0 Å². The van der Waals surface area contributed by atoms with Crippen molar-refractivity contribution < 1.29 is 4.79 Å². The molecule has 2 N–H and O–H groups in total. The SMILES string of the molecule is NC(=O)C(Br)Cc1ccccc1Br.